The number of aromatic nitrogens is 5. The molecule has 0 bridgehead atoms. The molecule has 1 N–H and O–H groups in total. The zero-order valence-electron chi connectivity index (χ0n) is 17.3. The molecule has 0 fully saturated rings. The first kappa shape index (κ1) is 19.1. The number of benzene rings is 1. The number of hydrogen-bond donors (Lipinski definition) is 1. The molecule has 1 amide bonds. The number of hydrogen-bond acceptors (Lipinski definition) is 4. The summed E-state index contributed by atoms with van der Waals surface area (Å²) in [5.41, 5.74) is 6.12. The van der Waals surface area contributed by atoms with Gasteiger partial charge in [0.05, 0.1) is 5.69 Å². The lowest BCUT2D eigenvalue weighted by Crippen LogP contribution is -2.27. The Morgan fingerprint density at radius 3 is 2.69 bits per heavy atom. The predicted molar refractivity (Wildman–Crippen MR) is 113 cm³/mol. The molecule has 0 radical (unpaired) electrons. The van der Waals surface area contributed by atoms with Crippen LogP contribution < -0.4 is 5.32 Å². The van der Waals surface area contributed by atoms with Gasteiger partial charge in [0.15, 0.2) is 5.65 Å². The van der Waals surface area contributed by atoms with Crippen molar-refractivity contribution in [2.24, 2.45) is 5.92 Å². The molecule has 7 heteroatoms. The van der Waals surface area contributed by atoms with Crippen molar-refractivity contribution in [2.45, 2.75) is 40.5 Å². The van der Waals surface area contributed by atoms with Gasteiger partial charge in [-0.25, -0.2) is 4.52 Å². The van der Waals surface area contributed by atoms with Crippen LogP contribution in [0.25, 0.3) is 22.4 Å². The van der Waals surface area contributed by atoms with E-state index in [-0.39, 0.29) is 5.91 Å². The number of fused-ring (bicyclic) bond motifs is 3. The van der Waals surface area contributed by atoms with Crippen LogP contribution >= 0.6 is 0 Å². The molecule has 3 aromatic heterocycles. The van der Waals surface area contributed by atoms with Crippen LogP contribution in [-0.2, 0) is 11.2 Å². The molecule has 0 unspecified atom stereocenters. The van der Waals surface area contributed by atoms with E-state index < -0.39 is 0 Å². The van der Waals surface area contributed by atoms with Crippen molar-refractivity contribution in [1.82, 2.24) is 29.5 Å². The first-order chi connectivity index (χ1) is 13.9. The van der Waals surface area contributed by atoms with Gasteiger partial charge < -0.3 is 5.32 Å². The molecule has 0 saturated carbocycles. The van der Waals surface area contributed by atoms with Gasteiger partial charge in [-0.1, -0.05) is 26.0 Å². The third-order valence-electron chi connectivity index (χ3n) is 5.17. The molecular formula is C22H26N6O. The Bertz CT molecular complexity index is 1190. The molecule has 29 heavy (non-hydrogen) atoms. The summed E-state index contributed by atoms with van der Waals surface area (Å²) in [6.45, 7) is 9.06. The summed E-state index contributed by atoms with van der Waals surface area (Å²) in [6.07, 6.45) is 4.74. The second-order valence-electron chi connectivity index (χ2n) is 7.96. The van der Waals surface area contributed by atoms with Crippen LogP contribution in [0.1, 0.15) is 37.2 Å². The predicted octanol–water partition coefficient (Wildman–Crippen LogP) is 3.37. The lowest BCUT2D eigenvalue weighted by Gasteiger charge is -2.07. The molecule has 0 aliphatic carbocycles. The van der Waals surface area contributed by atoms with E-state index in [0.717, 1.165) is 28.2 Å². The molecule has 3 heterocycles. The maximum absolute atomic E-state index is 12.0. The van der Waals surface area contributed by atoms with Gasteiger partial charge in [-0.05, 0) is 43.0 Å². The molecule has 1 aromatic carbocycles. The van der Waals surface area contributed by atoms with E-state index in [1.54, 1.807) is 0 Å². The maximum Gasteiger partial charge on any atom is 0.220 e. The van der Waals surface area contributed by atoms with Gasteiger partial charge in [0.2, 0.25) is 5.91 Å². The summed E-state index contributed by atoms with van der Waals surface area (Å²) in [7, 11) is 0. The van der Waals surface area contributed by atoms with Crippen LogP contribution in [0.4, 0.5) is 0 Å². The molecule has 4 aromatic rings. The standard InChI is InChI=1S/C22H26N6O/c1-14(2)13-23-21(29)8-7-20-24-25-22-19-12-18(26-28(19)10-9-27(20)22)17-6-5-15(3)16(4)11-17/h5-6,9-12,14H,7-8,13H2,1-4H3,(H,23,29). The lowest BCUT2D eigenvalue weighted by molar-refractivity contribution is -0.121. The normalized spacial score (nSPS) is 11.6. The van der Waals surface area contributed by atoms with Crippen molar-refractivity contribution in [3.63, 3.8) is 0 Å². The highest BCUT2D eigenvalue weighted by molar-refractivity contribution is 5.77. The number of aryl methyl sites for hydroxylation is 3. The van der Waals surface area contributed by atoms with E-state index in [0.29, 0.717) is 25.3 Å². The fourth-order valence-electron chi connectivity index (χ4n) is 3.30. The Morgan fingerprint density at radius 1 is 1.10 bits per heavy atom. The van der Waals surface area contributed by atoms with Crippen molar-refractivity contribution in [3.05, 3.63) is 53.6 Å². The average Bonchev–Trinajstić information content (AvgIpc) is 3.30. The minimum absolute atomic E-state index is 0.0397. The number of nitrogens with zero attached hydrogens (tertiary/aromatic N) is 5. The number of rotatable bonds is 6. The van der Waals surface area contributed by atoms with Gasteiger partial charge in [0.1, 0.15) is 11.3 Å². The largest absolute Gasteiger partial charge is 0.356 e. The van der Waals surface area contributed by atoms with Gasteiger partial charge in [0, 0.05) is 37.3 Å². The van der Waals surface area contributed by atoms with Crippen LogP contribution in [0.5, 0.6) is 0 Å². The molecular weight excluding hydrogens is 364 g/mol. The van der Waals surface area contributed by atoms with E-state index in [9.17, 15) is 4.79 Å². The van der Waals surface area contributed by atoms with Gasteiger partial charge in [0.25, 0.3) is 0 Å². The minimum atomic E-state index is 0.0397. The van der Waals surface area contributed by atoms with Crippen molar-refractivity contribution >= 4 is 17.1 Å². The highest BCUT2D eigenvalue weighted by Gasteiger charge is 2.14. The highest BCUT2D eigenvalue weighted by Crippen LogP contribution is 2.24. The van der Waals surface area contributed by atoms with Crippen molar-refractivity contribution in [1.29, 1.82) is 0 Å². The lowest BCUT2D eigenvalue weighted by atomic mass is 10.0. The molecule has 0 saturated heterocycles. The van der Waals surface area contributed by atoms with Crippen LogP contribution in [0.2, 0.25) is 0 Å². The smallest absolute Gasteiger partial charge is 0.220 e. The summed E-state index contributed by atoms with van der Waals surface area (Å²) < 4.78 is 3.77. The quantitative estimate of drug-likeness (QED) is 0.548. The fourth-order valence-corrected chi connectivity index (χ4v) is 3.30. The number of nitrogens with one attached hydrogen (secondary N) is 1. The number of amides is 1. The Hall–Kier alpha value is -3.22. The maximum atomic E-state index is 12.0. The monoisotopic (exact) mass is 390 g/mol. The molecule has 4 rings (SSSR count). The van der Waals surface area contributed by atoms with E-state index in [1.165, 1.54) is 11.1 Å². The number of carbonyl (C=O) groups is 1. The second-order valence-corrected chi connectivity index (χ2v) is 7.96. The van der Waals surface area contributed by atoms with Gasteiger partial charge in [-0.15, -0.1) is 10.2 Å². The first-order valence-corrected chi connectivity index (χ1v) is 9.98. The summed E-state index contributed by atoms with van der Waals surface area (Å²) in [5.74, 6) is 1.25. The average molecular weight is 390 g/mol. The summed E-state index contributed by atoms with van der Waals surface area (Å²) in [4.78, 5) is 12.0. The number of carbonyl (C=O) groups excluding carboxylic acids is 1. The molecule has 0 aliphatic rings. The van der Waals surface area contributed by atoms with Crippen molar-refractivity contribution in [2.75, 3.05) is 6.54 Å². The SMILES string of the molecule is Cc1ccc(-c2cc3c4nnc(CCC(=O)NCC(C)C)n4ccn3n2)cc1C. The molecule has 0 atom stereocenters. The van der Waals surface area contributed by atoms with E-state index in [2.05, 4.69) is 61.4 Å². The Morgan fingerprint density at radius 2 is 1.93 bits per heavy atom. The summed E-state index contributed by atoms with van der Waals surface area (Å²) in [6, 6.07) is 8.39. The third-order valence-corrected chi connectivity index (χ3v) is 5.17. The second kappa shape index (κ2) is 7.66. The summed E-state index contributed by atoms with van der Waals surface area (Å²) >= 11 is 0. The Balaban J connectivity index is 1.61. The molecule has 0 spiro atoms. The van der Waals surface area contributed by atoms with Crippen molar-refractivity contribution < 1.29 is 4.79 Å². The van der Waals surface area contributed by atoms with E-state index in [1.807, 2.05) is 27.4 Å². The van der Waals surface area contributed by atoms with Gasteiger partial charge in [-0.2, -0.15) is 5.10 Å². The zero-order chi connectivity index (χ0) is 20.5. The Kier molecular flexibility index (Phi) is 5.05. The van der Waals surface area contributed by atoms with Crippen LogP contribution in [0.15, 0.2) is 36.7 Å². The Labute approximate surface area is 169 Å². The molecule has 0 aliphatic heterocycles. The highest BCUT2D eigenvalue weighted by atomic mass is 16.1. The first-order valence-electron chi connectivity index (χ1n) is 9.98. The van der Waals surface area contributed by atoms with E-state index in [4.69, 9.17) is 5.10 Å². The summed E-state index contributed by atoms with van der Waals surface area (Å²) in [5, 5.41) is 16.3. The minimum Gasteiger partial charge on any atom is -0.356 e. The van der Waals surface area contributed by atoms with Crippen LogP contribution in [0.3, 0.4) is 0 Å². The van der Waals surface area contributed by atoms with Gasteiger partial charge in [-0.3, -0.25) is 9.20 Å². The fraction of sp³-hybridized carbons (Fsp3) is 0.364. The van der Waals surface area contributed by atoms with Crippen LogP contribution in [-0.4, -0.2) is 36.7 Å². The van der Waals surface area contributed by atoms with E-state index >= 15 is 0 Å². The topological polar surface area (TPSA) is 76.6 Å². The third kappa shape index (κ3) is 3.85. The zero-order valence-corrected chi connectivity index (χ0v) is 17.3. The van der Waals surface area contributed by atoms with Gasteiger partial charge >= 0.3 is 0 Å². The molecule has 7 nitrogen and oxygen atoms in total. The molecule has 150 valence electrons. The van der Waals surface area contributed by atoms with Crippen LogP contribution in [0, 0.1) is 19.8 Å². The van der Waals surface area contributed by atoms with Crippen molar-refractivity contribution in [3.8, 4) is 11.3 Å².